The normalized spacial score (nSPS) is 10.4. The number of amides is 2. The Morgan fingerprint density at radius 3 is 1.86 bits per heavy atom. The molecule has 0 bridgehead atoms. The van der Waals surface area contributed by atoms with E-state index < -0.39 is 5.91 Å². The minimum Gasteiger partial charge on any atom is -0.457 e. The van der Waals surface area contributed by atoms with Gasteiger partial charge in [-0.1, -0.05) is 28.1 Å². The van der Waals surface area contributed by atoms with Gasteiger partial charge in [-0.3, -0.25) is 9.59 Å². The largest absolute Gasteiger partial charge is 0.457 e. The molecular weight excluding hydrogens is 420 g/mol. The summed E-state index contributed by atoms with van der Waals surface area (Å²) in [5, 5.41) is 0. The SMILES string of the molecule is CN(Cc1ccc(Br)cc1)C(=O)c1ccc(Oc2ccc(C(N)=O)cc2)cc1. The van der Waals surface area contributed by atoms with Gasteiger partial charge in [0.1, 0.15) is 11.5 Å². The number of benzene rings is 3. The van der Waals surface area contributed by atoms with E-state index in [1.54, 1.807) is 60.5 Å². The van der Waals surface area contributed by atoms with E-state index in [0.717, 1.165) is 10.0 Å². The summed E-state index contributed by atoms with van der Waals surface area (Å²) in [4.78, 5) is 25.4. The van der Waals surface area contributed by atoms with E-state index in [1.165, 1.54) is 0 Å². The second-order valence-corrected chi connectivity index (χ2v) is 7.22. The van der Waals surface area contributed by atoms with Gasteiger partial charge >= 0.3 is 0 Å². The molecular formula is C22H19BrN2O3. The number of hydrogen-bond acceptors (Lipinski definition) is 3. The number of nitrogens with two attached hydrogens (primary N) is 1. The van der Waals surface area contributed by atoms with Crippen molar-refractivity contribution < 1.29 is 14.3 Å². The molecule has 2 N–H and O–H groups in total. The molecule has 3 aromatic carbocycles. The van der Waals surface area contributed by atoms with Crippen LogP contribution in [0.1, 0.15) is 26.3 Å². The quantitative estimate of drug-likeness (QED) is 0.610. The van der Waals surface area contributed by atoms with Crippen LogP contribution in [0.5, 0.6) is 11.5 Å². The molecule has 0 aliphatic rings. The van der Waals surface area contributed by atoms with Crippen LogP contribution >= 0.6 is 15.9 Å². The maximum atomic E-state index is 12.6. The number of hydrogen-bond donors (Lipinski definition) is 1. The minimum atomic E-state index is -0.485. The highest BCUT2D eigenvalue weighted by molar-refractivity contribution is 9.10. The molecule has 6 heteroatoms. The van der Waals surface area contributed by atoms with Crippen LogP contribution in [0.15, 0.2) is 77.3 Å². The first-order valence-electron chi connectivity index (χ1n) is 8.60. The van der Waals surface area contributed by atoms with Gasteiger partial charge in [-0.2, -0.15) is 0 Å². The Morgan fingerprint density at radius 2 is 1.36 bits per heavy atom. The van der Waals surface area contributed by atoms with Gasteiger partial charge in [-0.05, 0) is 66.2 Å². The summed E-state index contributed by atoms with van der Waals surface area (Å²) in [7, 11) is 1.77. The molecule has 0 unspecified atom stereocenters. The first-order chi connectivity index (χ1) is 13.4. The lowest BCUT2D eigenvalue weighted by Gasteiger charge is -2.17. The molecule has 3 rings (SSSR count). The van der Waals surface area contributed by atoms with Crippen LogP contribution in [0, 0.1) is 0 Å². The van der Waals surface area contributed by atoms with E-state index in [4.69, 9.17) is 10.5 Å². The van der Waals surface area contributed by atoms with Crippen molar-refractivity contribution in [1.29, 1.82) is 0 Å². The number of ether oxygens (including phenoxy) is 1. The predicted octanol–water partition coefficient (Wildman–Crippen LogP) is 4.61. The van der Waals surface area contributed by atoms with Crippen molar-refractivity contribution in [3.8, 4) is 11.5 Å². The van der Waals surface area contributed by atoms with Crippen LogP contribution in [0.4, 0.5) is 0 Å². The van der Waals surface area contributed by atoms with Crippen molar-refractivity contribution in [3.05, 3.63) is 94.0 Å². The molecule has 5 nitrogen and oxygen atoms in total. The van der Waals surface area contributed by atoms with Crippen LogP contribution in [-0.2, 0) is 6.54 Å². The van der Waals surface area contributed by atoms with Gasteiger partial charge in [0.25, 0.3) is 5.91 Å². The van der Waals surface area contributed by atoms with E-state index in [9.17, 15) is 9.59 Å². The highest BCUT2D eigenvalue weighted by atomic mass is 79.9. The standard InChI is InChI=1S/C22H19BrN2O3/c1-25(14-15-2-8-18(23)9-3-15)22(27)17-6-12-20(13-7-17)28-19-10-4-16(5-11-19)21(24)26/h2-13H,14H2,1H3,(H2,24,26). The van der Waals surface area contributed by atoms with E-state index >= 15 is 0 Å². The molecule has 0 atom stereocenters. The third kappa shape index (κ3) is 4.98. The zero-order chi connectivity index (χ0) is 20.1. The number of nitrogens with zero attached hydrogens (tertiary/aromatic N) is 1. The Hall–Kier alpha value is -3.12. The average molecular weight is 439 g/mol. The van der Waals surface area contributed by atoms with Gasteiger partial charge in [0.05, 0.1) is 0 Å². The maximum Gasteiger partial charge on any atom is 0.253 e. The lowest BCUT2D eigenvalue weighted by molar-refractivity contribution is 0.0785. The molecule has 0 aliphatic heterocycles. The highest BCUT2D eigenvalue weighted by Gasteiger charge is 2.12. The molecule has 2 amide bonds. The number of carbonyl (C=O) groups excluding carboxylic acids is 2. The fraction of sp³-hybridized carbons (Fsp3) is 0.0909. The molecule has 0 saturated carbocycles. The molecule has 0 heterocycles. The van der Waals surface area contributed by atoms with Crippen LogP contribution in [0.3, 0.4) is 0 Å². The number of carbonyl (C=O) groups is 2. The predicted molar refractivity (Wildman–Crippen MR) is 111 cm³/mol. The molecule has 0 spiro atoms. The first-order valence-corrected chi connectivity index (χ1v) is 9.39. The van der Waals surface area contributed by atoms with Gasteiger partial charge in [-0.25, -0.2) is 0 Å². The topological polar surface area (TPSA) is 72.6 Å². The van der Waals surface area contributed by atoms with Gasteiger partial charge in [0.15, 0.2) is 0 Å². The van der Waals surface area contributed by atoms with E-state index in [1.807, 2.05) is 24.3 Å². The van der Waals surface area contributed by atoms with Gasteiger partial charge in [-0.15, -0.1) is 0 Å². The number of rotatable bonds is 6. The zero-order valence-electron chi connectivity index (χ0n) is 15.3. The molecule has 0 fully saturated rings. The maximum absolute atomic E-state index is 12.6. The molecule has 0 aromatic heterocycles. The van der Waals surface area contributed by atoms with Crippen molar-refractivity contribution in [2.75, 3.05) is 7.05 Å². The molecule has 0 radical (unpaired) electrons. The Kier molecular flexibility index (Phi) is 6.11. The van der Waals surface area contributed by atoms with Crippen LogP contribution in [-0.4, -0.2) is 23.8 Å². The van der Waals surface area contributed by atoms with Crippen molar-refractivity contribution in [2.45, 2.75) is 6.54 Å². The molecule has 142 valence electrons. The summed E-state index contributed by atoms with van der Waals surface area (Å²) in [5.74, 6) is 0.623. The Morgan fingerprint density at radius 1 is 0.857 bits per heavy atom. The fourth-order valence-corrected chi connectivity index (χ4v) is 2.91. The summed E-state index contributed by atoms with van der Waals surface area (Å²) in [6.45, 7) is 0.524. The molecule has 0 saturated heterocycles. The lowest BCUT2D eigenvalue weighted by atomic mass is 10.1. The summed E-state index contributed by atoms with van der Waals surface area (Å²) in [6.07, 6.45) is 0. The van der Waals surface area contributed by atoms with Crippen LogP contribution in [0.25, 0.3) is 0 Å². The highest BCUT2D eigenvalue weighted by Crippen LogP contribution is 2.22. The Labute approximate surface area is 171 Å². The monoisotopic (exact) mass is 438 g/mol. The average Bonchev–Trinajstić information content (AvgIpc) is 2.70. The Balaban J connectivity index is 1.63. The molecule has 28 heavy (non-hydrogen) atoms. The van der Waals surface area contributed by atoms with Gasteiger partial charge in [0.2, 0.25) is 5.91 Å². The third-order valence-corrected chi connectivity index (χ3v) is 4.68. The van der Waals surface area contributed by atoms with E-state index in [0.29, 0.717) is 29.2 Å². The molecule has 3 aromatic rings. The summed E-state index contributed by atoms with van der Waals surface area (Å²) in [6, 6.07) is 21.4. The zero-order valence-corrected chi connectivity index (χ0v) is 16.8. The van der Waals surface area contributed by atoms with Crippen molar-refractivity contribution >= 4 is 27.7 Å². The van der Waals surface area contributed by atoms with E-state index in [-0.39, 0.29) is 5.91 Å². The smallest absolute Gasteiger partial charge is 0.253 e. The van der Waals surface area contributed by atoms with Crippen LogP contribution in [0.2, 0.25) is 0 Å². The first kappa shape index (κ1) is 19.6. The van der Waals surface area contributed by atoms with Crippen LogP contribution < -0.4 is 10.5 Å². The minimum absolute atomic E-state index is 0.0692. The summed E-state index contributed by atoms with van der Waals surface area (Å²) < 4.78 is 6.74. The van der Waals surface area contributed by atoms with Gasteiger partial charge < -0.3 is 15.4 Å². The lowest BCUT2D eigenvalue weighted by Crippen LogP contribution is -2.26. The Bertz CT molecular complexity index is 968. The second kappa shape index (κ2) is 8.71. The fourth-order valence-electron chi connectivity index (χ4n) is 2.64. The molecule has 0 aliphatic carbocycles. The van der Waals surface area contributed by atoms with Crippen molar-refractivity contribution in [1.82, 2.24) is 4.90 Å². The van der Waals surface area contributed by atoms with Crippen molar-refractivity contribution in [2.24, 2.45) is 5.73 Å². The number of halogens is 1. The third-order valence-electron chi connectivity index (χ3n) is 4.16. The van der Waals surface area contributed by atoms with Gasteiger partial charge in [0, 0.05) is 29.2 Å². The van der Waals surface area contributed by atoms with Crippen molar-refractivity contribution in [3.63, 3.8) is 0 Å². The second-order valence-electron chi connectivity index (χ2n) is 6.30. The van der Waals surface area contributed by atoms with E-state index in [2.05, 4.69) is 15.9 Å². The summed E-state index contributed by atoms with van der Waals surface area (Å²) in [5.41, 5.74) is 7.28. The summed E-state index contributed by atoms with van der Waals surface area (Å²) >= 11 is 3.40. The number of primary amides is 1.